The summed E-state index contributed by atoms with van der Waals surface area (Å²) in [5, 5.41) is 9.04. The van der Waals surface area contributed by atoms with E-state index in [1.165, 1.54) is 25.1 Å². The largest absolute Gasteiger partial charge is 0.395 e. The maximum Gasteiger partial charge on any atom is 0.0558 e. The van der Waals surface area contributed by atoms with Crippen molar-refractivity contribution in [3.05, 3.63) is 35.9 Å². The molecule has 1 aromatic carbocycles. The molecule has 1 aliphatic heterocycles. The van der Waals surface area contributed by atoms with Crippen molar-refractivity contribution in [2.24, 2.45) is 5.92 Å². The molecule has 2 rings (SSSR count). The van der Waals surface area contributed by atoms with Crippen LogP contribution in [0.3, 0.4) is 0 Å². The lowest BCUT2D eigenvalue weighted by atomic mass is 10.1. The number of rotatable bonds is 7. The van der Waals surface area contributed by atoms with E-state index in [4.69, 9.17) is 5.11 Å². The molecule has 0 amide bonds. The Kier molecular flexibility index (Phi) is 5.83. The van der Waals surface area contributed by atoms with Crippen LogP contribution in [-0.2, 0) is 6.54 Å². The number of nitrogens with zero attached hydrogens (tertiary/aromatic N) is 2. The Labute approximate surface area is 116 Å². The van der Waals surface area contributed by atoms with Crippen LogP contribution in [0.15, 0.2) is 30.3 Å². The van der Waals surface area contributed by atoms with Gasteiger partial charge in [0.1, 0.15) is 0 Å². The number of likely N-dealkylation sites (N-methyl/N-ethyl adjacent to an activating group) is 1. The molecule has 1 heterocycles. The Hall–Kier alpha value is -0.900. The maximum atomic E-state index is 9.04. The van der Waals surface area contributed by atoms with Crippen LogP contribution >= 0.6 is 0 Å². The number of aliphatic hydroxyl groups is 1. The van der Waals surface area contributed by atoms with Gasteiger partial charge in [0, 0.05) is 26.2 Å². The Morgan fingerprint density at radius 2 is 2.11 bits per heavy atom. The third-order valence-corrected chi connectivity index (χ3v) is 4.00. The summed E-state index contributed by atoms with van der Waals surface area (Å²) >= 11 is 0. The molecule has 19 heavy (non-hydrogen) atoms. The molecule has 1 unspecified atom stereocenters. The predicted molar refractivity (Wildman–Crippen MR) is 79.0 cm³/mol. The van der Waals surface area contributed by atoms with Crippen molar-refractivity contribution in [2.45, 2.75) is 19.9 Å². The molecule has 3 heteroatoms. The van der Waals surface area contributed by atoms with Crippen LogP contribution in [0, 0.1) is 5.92 Å². The SMILES string of the molecule is CCN(CCO)CC1CCN(Cc2ccccc2)C1. The summed E-state index contributed by atoms with van der Waals surface area (Å²) in [4.78, 5) is 4.91. The van der Waals surface area contributed by atoms with Gasteiger partial charge in [0.25, 0.3) is 0 Å². The molecule has 1 aromatic rings. The van der Waals surface area contributed by atoms with Crippen LogP contribution in [0.2, 0.25) is 0 Å². The Balaban J connectivity index is 1.76. The minimum atomic E-state index is 0.272. The summed E-state index contributed by atoms with van der Waals surface area (Å²) in [6, 6.07) is 10.7. The molecule has 1 saturated heterocycles. The third-order valence-electron chi connectivity index (χ3n) is 4.00. The van der Waals surface area contributed by atoms with Crippen molar-refractivity contribution in [1.82, 2.24) is 9.80 Å². The van der Waals surface area contributed by atoms with E-state index in [1.54, 1.807) is 0 Å². The van der Waals surface area contributed by atoms with Gasteiger partial charge in [-0.3, -0.25) is 4.90 Å². The predicted octanol–water partition coefficient (Wildman–Crippen LogP) is 1.82. The molecule has 3 nitrogen and oxygen atoms in total. The maximum absolute atomic E-state index is 9.04. The first kappa shape index (κ1) is 14.5. The average Bonchev–Trinajstić information content (AvgIpc) is 2.86. The van der Waals surface area contributed by atoms with Crippen molar-refractivity contribution in [1.29, 1.82) is 0 Å². The summed E-state index contributed by atoms with van der Waals surface area (Å²) in [6.07, 6.45) is 1.29. The Bertz CT molecular complexity index is 355. The molecule has 0 aliphatic carbocycles. The molecule has 0 bridgehead atoms. The highest BCUT2D eigenvalue weighted by Gasteiger charge is 2.23. The third kappa shape index (κ3) is 4.60. The molecule has 1 atom stereocenters. The molecule has 0 radical (unpaired) electrons. The summed E-state index contributed by atoms with van der Waals surface area (Å²) in [5.74, 6) is 0.759. The lowest BCUT2D eigenvalue weighted by Gasteiger charge is -2.23. The van der Waals surface area contributed by atoms with E-state index in [0.29, 0.717) is 0 Å². The summed E-state index contributed by atoms with van der Waals surface area (Å²) in [5.41, 5.74) is 1.41. The summed E-state index contributed by atoms with van der Waals surface area (Å²) in [6.45, 7) is 8.89. The zero-order valence-electron chi connectivity index (χ0n) is 12.0. The lowest BCUT2D eigenvalue weighted by molar-refractivity contribution is 0.180. The topological polar surface area (TPSA) is 26.7 Å². The van der Waals surface area contributed by atoms with Crippen molar-refractivity contribution in [2.75, 3.05) is 39.3 Å². The quantitative estimate of drug-likeness (QED) is 0.812. The van der Waals surface area contributed by atoms with Crippen molar-refractivity contribution < 1.29 is 5.11 Å². The smallest absolute Gasteiger partial charge is 0.0558 e. The molecule has 106 valence electrons. The van der Waals surface area contributed by atoms with Gasteiger partial charge in [0.2, 0.25) is 0 Å². The van der Waals surface area contributed by atoms with E-state index in [9.17, 15) is 0 Å². The zero-order valence-corrected chi connectivity index (χ0v) is 12.0. The highest BCUT2D eigenvalue weighted by atomic mass is 16.3. The van der Waals surface area contributed by atoms with Crippen LogP contribution in [0.5, 0.6) is 0 Å². The fourth-order valence-corrected chi connectivity index (χ4v) is 2.93. The number of benzene rings is 1. The van der Waals surface area contributed by atoms with Gasteiger partial charge < -0.3 is 10.0 Å². The van der Waals surface area contributed by atoms with Crippen LogP contribution in [0.25, 0.3) is 0 Å². The lowest BCUT2D eigenvalue weighted by Crippen LogP contribution is -2.33. The van der Waals surface area contributed by atoms with Crippen LogP contribution < -0.4 is 0 Å². The first-order valence-corrected chi connectivity index (χ1v) is 7.41. The highest BCUT2D eigenvalue weighted by Crippen LogP contribution is 2.19. The molecular formula is C16H26N2O. The van der Waals surface area contributed by atoms with Crippen molar-refractivity contribution in [3.63, 3.8) is 0 Å². The van der Waals surface area contributed by atoms with Crippen molar-refractivity contribution >= 4 is 0 Å². The number of likely N-dealkylation sites (tertiary alicyclic amines) is 1. The molecule has 0 aromatic heterocycles. The highest BCUT2D eigenvalue weighted by molar-refractivity contribution is 5.14. The van der Waals surface area contributed by atoms with Crippen LogP contribution in [0.1, 0.15) is 18.9 Å². The molecule has 1 fully saturated rings. The van der Waals surface area contributed by atoms with E-state index < -0.39 is 0 Å². The number of hydrogen-bond acceptors (Lipinski definition) is 3. The van der Waals surface area contributed by atoms with Crippen molar-refractivity contribution in [3.8, 4) is 0 Å². The van der Waals surface area contributed by atoms with Gasteiger partial charge >= 0.3 is 0 Å². The zero-order chi connectivity index (χ0) is 13.5. The molecule has 0 spiro atoms. The van der Waals surface area contributed by atoms with Gasteiger partial charge in [-0.1, -0.05) is 37.3 Å². The van der Waals surface area contributed by atoms with E-state index >= 15 is 0 Å². The van der Waals surface area contributed by atoms with Gasteiger partial charge in [-0.15, -0.1) is 0 Å². The Morgan fingerprint density at radius 3 is 2.79 bits per heavy atom. The second kappa shape index (κ2) is 7.63. The molecule has 1 N–H and O–H groups in total. The number of aliphatic hydroxyl groups excluding tert-OH is 1. The second-order valence-electron chi connectivity index (χ2n) is 5.49. The first-order chi connectivity index (χ1) is 9.31. The average molecular weight is 262 g/mol. The number of hydrogen-bond donors (Lipinski definition) is 1. The Morgan fingerprint density at radius 1 is 1.32 bits per heavy atom. The van der Waals surface area contributed by atoms with Crippen LogP contribution in [-0.4, -0.2) is 54.2 Å². The van der Waals surface area contributed by atoms with Crippen LogP contribution in [0.4, 0.5) is 0 Å². The molecular weight excluding hydrogens is 236 g/mol. The van der Waals surface area contributed by atoms with Gasteiger partial charge in [0.15, 0.2) is 0 Å². The van der Waals surface area contributed by atoms with Gasteiger partial charge in [-0.25, -0.2) is 0 Å². The van der Waals surface area contributed by atoms with Gasteiger partial charge in [0.05, 0.1) is 6.61 Å². The normalized spacial score (nSPS) is 20.3. The minimum absolute atomic E-state index is 0.272. The first-order valence-electron chi connectivity index (χ1n) is 7.41. The summed E-state index contributed by atoms with van der Waals surface area (Å²) < 4.78 is 0. The fourth-order valence-electron chi connectivity index (χ4n) is 2.93. The molecule has 0 saturated carbocycles. The minimum Gasteiger partial charge on any atom is -0.395 e. The van der Waals surface area contributed by atoms with E-state index in [-0.39, 0.29) is 6.61 Å². The van der Waals surface area contributed by atoms with Gasteiger partial charge in [-0.05, 0) is 31.0 Å². The standard InChI is InChI=1S/C16H26N2O/c1-2-17(10-11-19)13-16-8-9-18(14-16)12-15-6-4-3-5-7-15/h3-7,16,19H,2,8-14H2,1H3. The fraction of sp³-hybridized carbons (Fsp3) is 0.625. The van der Waals surface area contributed by atoms with Gasteiger partial charge in [-0.2, -0.15) is 0 Å². The van der Waals surface area contributed by atoms with E-state index in [0.717, 1.165) is 32.1 Å². The molecule has 1 aliphatic rings. The second-order valence-corrected chi connectivity index (χ2v) is 5.49. The summed E-state index contributed by atoms with van der Waals surface area (Å²) in [7, 11) is 0. The van der Waals surface area contributed by atoms with E-state index in [2.05, 4.69) is 47.1 Å². The van der Waals surface area contributed by atoms with E-state index in [1.807, 2.05) is 0 Å². The monoisotopic (exact) mass is 262 g/mol.